The predicted octanol–water partition coefficient (Wildman–Crippen LogP) is 1.96. The van der Waals surface area contributed by atoms with E-state index in [-0.39, 0.29) is 4.90 Å². The van der Waals surface area contributed by atoms with Crippen molar-refractivity contribution in [1.29, 1.82) is 0 Å². The van der Waals surface area contributed by atoms with Gasteiger partial charge in [-0.25, -0.2) is 8.42 Å². The van der Waals surface area contributed by atoms with Crippen molar-refractivity contribution in [3.8, 4) is 5.75 Å². The van der Waals surface area contributed by atoms with E-state index in [0.717, 1.165) is 24.8 Å². The standard InChI is InChI=1S/C15H24N2O3S/c1-3-8-17(11-12-4-5-12)21(18,19)15-7-6-13(10-16)9-14(15)20-2/h6-7,9,12H,3-5,8,10-11,16H2,1-2H3. The maximum atomic E-state index is 12.9. The fourth-order valence-corrected chi connectivity index (χ4v) is 4.08. The van der Waals surface area contributed by atoms with Crippen LogP contribution in [0.15, 0.2) is 23.1 Å². The number of hydrogen-bond acceptors (Lipinski definition) is 4. The van der Waals surface area contributed by atoms with Crippen LogP contribution in [-0.4, -0.2) is 32.9 Å². The van der Waals surface area contributed by atoms with E-state index in [1.165, 1.54) is 7.11 Å². The molecule has 2 N–H and O–H groups in total. The number of hydrogen-bond donors (Lipinski definition) is 1. The van der Waals surface area contributed by atoms with Gasteiger partial charge in [-0.2, -0.15) is 4.31 Å². The number of ether oxygens (including phenoxy) is 1. The van der Waals surface area contributed by atoms with Gasteiger partial charge in [0.05, 0.1) is 7.11 Å². The second-order valence-electron chi connectivity index (χ2n) is 5.50. The van der Waals surface area contributed by atoms with Gasteiger partial charge in [0.15, 0.2) is 0 Å². The van der Waals surface area contributed by atoms with Gasteiger partial charge in [0.1, 0.15) is 10.6 Å². The number of nitrogens with two attached hydrogens (primary N) is 1. The molecule has 0 heterocycles. The Morgan fingerprint density at radius 3 is 2.62 bits per heavy atom. The van der Waals surface area contributed by atoms with Gasteiger partial charge in [-0.15, -0.1) is 0 Å². The van der Waals surface area contributed by atoms with Crippen LogP contribution >= 0.6 is 0 Å². The zero-order valence-electron chi connectivity index (χ0n) is 12.7. The van der Waals surface area contributed by atoms with E-state index >= 15 is 0 Å². The molecule has 0 aromatic heterocycles. The number of nitrogens with zero attached hydrogens (tertiary/aromatic N) is 1. The first-order valence-electron chi connectivity index (χ1n) is 7.40. The predicted molar refractivity (Wildman–Crippen MR) is 82.7 cm³/mol. The summed E-state index contributed by atoms with van der Waals surface area (Å²) in [4.78, 5) is 0.233. The van der Waals surface area contributed by atoms with Gasteiger partial charge in [0, 0.05) is 19.6 Å². The van der Waals surface area contributed by atoms with E-state index in [1.807, 2.05) is 6.92 Å². The van der Waals surface area contributed by atoms with Gasteiger partial charge in [-0.05, 0) is 42.9 Å². The zero-order valence-corrected chi connectivity index (χ0v) is 13.5. The molecule has 0 unspecified atom stereocenters. The van der Waals surface area contributed by atoms with Gasteiger partial charge in [0.2, 0.25) is 10.0 Å². The highest BCUT2D eigenvalue weighted by molar-refractivity contribution is 7.89. The summed E-state index contributed by atoms with van der Waals surface area (Å²) < 4.78 is 32.6. The molecule has 6 heteroatoms. The van der Waals surface area contributed by atoms with Crippen molar-refractivity contribution < 1.29 is 13.2 Å². The molecule has 1 aromatic rings. The van der Waals surface area contributed by atoms with Crippen molar-refractivity contribution in [2.45, 2.75) is 37.6 Å². The summed E-state index contributed by atoms with van der Waals surface area (Å²) in [5, 5.41) is 0. The van der Waals surface area contributed by atoms with E-state index < -0.39 is 10.0 Å². The monoisotopic (exact) mass is 312 g/mol. The van der Waals surface area contributed by atoms with Gasteiger partial charge in [-0.3, -0.25) is 0 Å². The highest BCUT2D eigenvalue weighted by atomic mass is 32.2. The van der Waals surface area contributed by atoms with Crippen LogP contribution < -0.4 is 10.5 Å². The molecule has 1 aromatic carbocycles. The summed E-state index contributed by atoms with van der Waals surface area (Å²) in [7, 11) is -2.03. The largest absolute Gasteiger partial charge is 0.495 e. The van der Waals surface area contributed by atoms with E-state index in [0.29, 0.717) is 31.3 Å². The molecule has 21 heavy (non-hydrogen) atoms. The molecule has 1 saturated carbocycles. The first-order chi connectivity index (χ1) is 10.0. The van der Waals surface area contributed by atoms with Crippen molar-refractivity contribution in [2.75, 3.05) is 20.2 Å². The van der Waals surface area contributed by atoms with Crippen molar-refractivity contribution in [3.63, 3.8) is 0 Å². The summed E-state index contributed by atoms with van der Waals surface area (Å²) in [6.45, 7) is 3.50. The first-order valence-corrected chi connectivity index (χ1v) is 8.84. The second-order valence-corrected chi connectivity index (χ2v) is 7.40. The van der Waals surface area contributed by atoms with Crippen LogP contribution in [0.3, 0.4) is 0 Å². The molecule has 0 bridgehead atoms. The Hall–Kier alpha value is -1.11. The second kappa shape index (κ2) is 6.77. The van der Waals surface area contributed by atoms with Crippen molar-refractivity contribution >= 4 is 10.0 Å². The molecule has 1 fully saturated rings. The molecule has 0 aliphatic heterocycles. The fraction of sp³-hybridized carbons (Fsp3) is 0.600. The average molecular weight is 312 g/mol. The SMILES string of the molecule is CCCN(CC1CC1)S(=O)(=O)c1ccc(CN)cc1OC. The van der Waals surface area contributed by atoms with Crippen LogP contribution in [0.25, 0.3) is 0 Å². The van der Waals surface area contributed by atoms with E-state index in [9.17, 15) is 8.42 Å². The van der Waals surface area contributed by atoms with Crippen LogP contribution in [0.5, 0.6) is 5.75 Å². The lowest BCUT2D eigenvalue weighted by atomic mass is 10.2. The molecule has 0 radical (unpaired) electrons. The third-order valence-electron chi connectivity index (χ3n) is 3.71. The number of rotatable bonds is 8. The van der Waals surface area contributed by atoms with E-state index in [4.69, 9.17) is 10.5 Å². The van der Waals surface area contributed by atoms with E-state index in [2.05, 4.69) is 0 Å². The Kier molecular flexibility index (Phi) is 5.24. The fourth-order valence-electron chi connectivity index (χ4n) is 2.34. The van der Waals surface area contributed by atoms with Crippen molar-refractivity contribution in [1.82, 2.24) is 4.31 Å². The summed E-state index contributed by atoms with van der Waals surface area (Å²) in [6.07, 6.45) is 3.05. The van der Waals surface area contributed by atoms with Crippen LogP contribution in [0.2, 0.25) is 0 Å². The maximum Gasteiger partial charge on any atom is 0.246 e. The van der Waals surface area contributed by atoms with Gasteiger partial charge in [0.25, 0.3) is 0 Å². The molecule has 0 amide bonds. The third-order valence-corrected chi connectivity index (χ3v) is 5.62. The normalized spacial score (nSPS) is 15.4. The summed E-state index contributed by atoms with van der Waals surface area (Å²) in [6, 6.07) is 5.05. The summed E-state index contributed by atoms with van der Waals surface area (Å²) in [5.74, 6) is 0.885. The van der Waals surface area contributed by atoms with Crippen molar-refractivity contribution in [2.24, 2.45) is 11.7 Å². The Morgan fingerprint density at radius 1 is 1.38 bits per heavy atom. The Morgan fingerprint density at radius 2 is 2.10 bits per heavy atom. The lowest BCUT2D eigenvalue weighted by Gasteiger charge is -2.23. The molecule has 0 saturated heterocycles. The molecule has 0 atom stereocenters. The smallest absolute Gasteiger partial charge is 0.246 e. The maximum absolute atomic E-state index is 12.9. The highest BCUT2D eigenvalue weighted by Gasteiger charge is 2.32. The van der Waals surface area contributed by atoms with Gasteiger partial charge in [-0.1, -0.05) is 13.0 Å². The lowest BCUT2D eigenvalue weighted by Crippen LogP contribution is -2.34. The number of sulfonamides is 1. The zero-order chi connectivity index (χ0) is 15.5. The summed E-state index contributed by atoms with van der Waals surface area (Å²) >= 11 is 0. The van der Waals surface area contributed by atoms with Crippen molar-refractivity contribution in [3.05, 3.63) is 23.8 Å². The Bertz CT molecular complexity index is 583. The third kappa shape index (κ3) is 3.75. The molecular formula is C15H24N2O3S. The molecule has 1 aliphatic carbocycles. The highest BCUT2D eigenvalue weighted by Crippen LogP contribution is 2.33. The van der Waals surface area contributed by atoms with Crippen LogP contribution in [0.1, 0.15) is 31.7 Å². The molecular weight excluding hydrogens is 288 g/mol. The quantitative estimate of drug-likeness (QED) is 0.796. The lowest BCUT2D eigenvalue weighted by molar-refractivity contribution is 0.380. The molecule has 1 aliphatic rings. The minimum Gasteiger partial charge on any atom is -0.495 e. The molecule has 118 valence electrons. The van der Waals surface area contributed by atoms with Crippen LogP contribution in [0.4, 0.5) is 0 Å². The van der Waals surface area contributed by atoms with Crippen LogP contribution in [0, 0.1) is 5.92 Å². The topological polar surface area (TPSA) is 72.6 Å². The van der Waals surface area contributed by atoms with Crippen LogP contribution in [-0.2, 0) is 16.6 Å². The number of methoxy groups -OCH3 is 1. The average Bonchev–Trinajstić information content (AvgIpc) is 3.30. The minimum atomic E-state index is -3.52. The van der Waals surface area contributed by atoms with Gasteiger partial charge >= 0.3 is 0 Å². The Labute approximate surface area is 127 Å². The number of benzene rings is 1. The first kappa shape index (κ1) is 16.3. The summed E-state index contributed by atoms with van der Waals surface area (Å²) in [5.41, 5.74) is 6.46. The molecule has 5 nitrogen and oxygen atoms in total. The molecule has 0 spiro atoms. The van der Waals surface area contributed by atoms with Gasteiger partial charge < -0.3 is 10.5 Å². The Balaban J connectivity index is 2.35. The molecule has 2 rings (SSSR count). The van der Waals surface area contributed by atoms with E-state index in [1.54, 1.807) is 22.5 Å². The minimum absolute atomic E-state index is 0.233.